The van der Waals surface area contributed by atoms with Gasteiger partial charge in [-0.3, -0.25) is 28.2 Å². The molecule has 3 aliphatic rings. The molecular weight excluding hydrogens is 1280 g/mol. The quantitative estimate of drug-likeness (QED) is 0.0137. The van der Waals surface area contributed by atoms with Crippen LogP contribution in [0.2, 0.25) is 0 Å². The molecule has 0 saturated carbocycles. The number of rotatable bonds is 56. The van der Waals surface area contributed by atoms with E-state index in [9.17, 15) is 74.6 Å². The molecule has 3 heterocycles. The molecule has 3 aliphatic heterocycles. The van der Waals surface area contributed by atoms with E-state index >= 15 is 0 Å². The van der Waals surface area contributed by atoms with Gasteiger partial charge in [0, 0.05) is 38.8 Å². The minimum Gasteiger partial charge on any atom is -0.462 e. The van der Waals surface area contributed by atoms with Crippen molar-refractivity contribution in [2.45, 2.75) is 331 Å². The molecule has 27 nitrogen and oxygen atoms in total. The zero-order valence-corrected chi connectivity index (χ0v) is 58.5. The highest BCUT2D eigenvalue weighted by molar-refractivity contribution is 7.47. The fourth-order valence-corrected chi connectivity index (χ4v) is 12.0. The Morgan fingerprint density at radius 1 is 0.458 bits per heavy atom. The zero-order chi connectivity index (χ0) is 70.4. The van der Waals surface area contributed by atoms with Crippen molar-refractivity contribution in [3.05, 3.63) is 24.3 Å². The van der Waals surface area contributed by atoms with Crippen LogP contribution in [-0.2, 0) is 70.7 Å². The van der Waals surface area contributed by atoms with Crippen molar-refractivity contribution in [2.24, 2.45) is 0 Å². The molecule has 0 aliphatic carbocycles. The number of nitrogens with one attached hydrogen (secondary N) is 2. The first-order valence-electron chi connectivity index (χ1n) is 35.9. The largest absolute Gasteiger partial charge is 0.472 e. The van der Waals surface area contributed by atoms with E-state index in [0.717, 1.165) is 77.0 Å². The van der Waals surface area contributed by atoms with E-state index in [0.29, 0.717) is 25.7 Å². The maximum atomic E-state index is 13.0. The number of aliphatic hydroxyl groups excluding tert-OH is 9. The number of phosphoric acid groups is 1. The van der Waals surface area contributed by atoms with Crippen molar-refractivity contribution in [3.8, 4) is 0 Å². The Kier molecular flexibility index (Phi) is 47.9. The second-order valence-electron chi connectivity index (χ2n) is 25.5. The first-order valence-corrected chi connectivity index (χ1v) is 37.4. The van der Waals surface area contributed by atoms with E-state index in [1.807, 2.05) is 0 Å². The zero-order valence-electron chi connectivity index (χ0n) is 57.6. The number of hydrogen-bond acceptors (Lipinski definition) is 24. The molecular formula is C68H123N2O25P. The van der Waals surface area contributed by atoms with Gasteiger partial charge >= 0.3 is 19.8 Å². The Balaban J connectivity index is 1.39. The van der Waals surface area contributed by atoms with Gasteiger partial charge in [-0.25, -0.2) is 4.57 Å². The smallest absolute Gasteiger partial charge is 0.462 e. The van der Waals surface area contributed by atoms with Crippen molar-refractivity contribution in [2.75, 3.05) is 52.7 Å². The van der Waals surface area contributed by atoms with Gasteiger partial charge in [0.1, 0.15) is 73.8 Å². The summed E-state index contributed by atoms with van der Waals surface area (Å²) in [6.07, 6.45) is 13.2. The van der Waals surface area contributed by atoms with Gasteiger partial charge in [-0.2, -0.15) is 0 Å². The van der Waals surface area contributed by atoms with E-state index in [4.69, 9.17) is 46.9 Å². The molecule has 0 spiro atoms. The number of esters is 2. The number of phosphoric ester groups is 1. The van der Waals surface area contributed by atoms with E-state index in [1.165, 1.54) is 84.0 Å². The van der Waals surface area contributed by atoms with E-state index in [-0.39, 0.29) is 64.3 Å². The van der Waals surface area contributed by atoms with Crippen molar-refractivity contribution < 1.29 is 122 Å². The van der Waals surface area contributed by atoms with Gasteiger partial charge in [0.15, 0.2) is 25.0 Å². The minimum absolute atomic E-state index is 0.0189. The summed E-state index contributed by atoms with van der Waals surface area (Å²) < 4.78 is 68.9. The number of aliphatic hydroxyl groups is 9. The summed E-state index contributed by atoms with van der Waals surface area (Å²) in [5, 5.41) is 99.5. The SMILES string of the molecule is CCCCCCCCC=CCCCCCCCC(=O)OCC(COP(=O)(O)OCCNC(=O)CCCCC(=O)NCCCO[C@@H]1OC(CO)[C@H](O)[C@H](O[C@H]2OC(CO)[C@H](O)[C@H](O)C2O)C1O[C@@H]1OC(C)[C@@H](O)[C@H](O)C1O)OC(=O)CCCCCCCC=CCCCCCCCC. The van der Waals surface area contributed by atoms with Crippen LogP contribution in [-0.4, -0.2) is 226 Å². The van der Waals surface area contributed by atoms with Crippen LogP contribution in [0.4, 0.5) is 0 Å². The summed E-state index contributed by atoms with van der Waals surface area (Å²) in [6.45, 7) is 2.61. The molecule has 3 rings (SSSR count). The highest BCUT2D eigenvalue weighted by Gasteiger charge is 2.54. The van der Waals surface area contributed by atoms with Crippen molar-refractivity contribution in [1.82, 2.24) is 10.6 Å². The number of allylic oxidation sites excluding steroid dienone is 4. The van der Waals surface area contributed by atoms with E-state index < -0.39 is 150 Å². The van der Waals surface area contributed by atoms with Crippen molar-refractivity contribution >= 4 is 31.6 Å². The average molecular weight is 1400 g/mol. The second kappa shape index (κ2) is 52.8. The third-order valence-electron chi connectivity index (χ3n) is 17.1. The number of unbranched alkanes of at least 4 members (excludes halogenated alkanes) is 23. The molecule has 3 saturated heterocycles. The second-order valence-corrected chi connectivity index (χ2v) is 26.9. The van der Waals surface area contributed by atoms with Crippen LogP contribution in [0.15, 0.2) is 24.3 Å². The van der Waals surface area contributed by atoms with Crippen LogP contribution >= 0.6 is 7.82 Å². The molecule has 0 aromatic heterocycles. The molecule has 8 unspecified atom stereocenters. The summed E-state index contributed by atoms with van der Waals surface area (Å²) >= 11 is 0. The molecule has 17 atom stereocenters. The normalized spacial score (nSPS) is 27.2. The maximum absolute atomic E-state index is 13.0. The van der Waals surface area contributed by atoms with Gasteiger partial charge in [-0.1, -0.05) is 141 Å². The van der Waals surface area contributed by atoms with E-state index in [1.54, 1.807) is 0 Å². The molecule has 2 amide bonds. The lowest BCUT2D eigenvalue weighted by Gasteiger charge is -2.48. The Labute approximate surface area is 569 Å². The molecule has 0 aromatic carbocycles. The van der Waals surface area contributed by atoms with Gasteiger partial charge in [0.25, 0.3) is 0 Å². The molecule has 0 bridgehead atoms. The Bertz CT molecular complexity index is 2150. The van der Waals surface area contributed by atoms with Gasteiger partial charge in [-0.15, -0.1) is 0 Å². The van der Waals surface area contributed by atoms with Gasteiger partial charge < -0.3 is 99.4 Å². The third-order valence-corrected chi connectivity index (χ3v) is 18.1. The molecule has 0 aromatic rings. The van der Waals surface area contributed by atoms with Crippen LogP contribution in [0, 0.1) is 0 Å². The predicted molar refractivity (Wildman–Crippen MR) is 354 cm³/mol. The lowest BCUT2D eigenvalue weighted by molar-refractivity contribution is -0.390. The number of hydrogen-bond donors (Lipinski definition) is 12. The summed E-state index contributed by atoms with van der Waals surface area (Å²) in [7, 11) is -4.74. The van der Waals surface area contributed by atoms with Crippen molar-refractivity contribution in [1.29, 1.82) is 0 Å². The van der Waals surface area contributed by atoms with Crippen LogP contribution in [0.25, 0.3) is 0 Å². The molecule has 96 heavy (non-hydrogen) atoms. The topological polar surface area (TPSA) is 404 Å². The predicted octanol–water partition coefficient (Wildman–Crippen LogP) is 6.33. The monoisotopic (exact) mass is 1400 g/mol. The summed E-state index contributed by atoms with van der Waals surface area (Å²) in [5.74, 6) is -1.80. The van der Waals surface area contributed by atoms with Crippen molar-refractivity contribution in [3.63, 3.8) is 0 Å². The number of carbonyl (C=O) groups excluding carboxylic acids is 4. The number of ether oxygens (including phenoxy) is 8. The highest BCUT2D eigenvalue weighted by Crippen LogP contribution is 2.43. The van der Waals surface area contributed by atoms with E-state index in [2.05, 4.69) is 48.8 Å². The molecule has 12 N–H and O–H groups in total. The lowest BCUT2D eigenvalue weighted by Crippen LogP contribution is -2.67. The third kappa shape index (κ3) is 37.0. The number of amides is 2. The van der Waals surface area contributed by atoms with Crippen LogP contribution in [0.3, 0.4) is 0 Å². The lowest BCUT2D eigenvalue weighted by atomic mass is 9.96. The molecule has 3 fully saturated rings. The number of carbonyl (C=O) groups is 4. The molecule has 0 radical (unpaired) electrons. The summed E-state index contributed by atoms with van der Waals surface area (Å²) in [5.41, 5.74) is 0. The summed E-state index contributed by atoms with van der Waals surface area (Å²) in [6, 6.07) is 0. The van der Waals surface area contributed by atoms with Gasteiger partial charge in [-0.05, 0) is 90.4 Å². The fraction of sp³-hybridized carbons (Fsp3) is 0.882. The Morgan fingerprint density at radius 3 is 1.43 bits per heavy atom. The van der Waals surface area contributed by atoms with Crippen LogP contribution in [0.1, 0.15) is 233 Å². The summed E-state index contributed by atoms with van der Waals surface area (Å²) in [4.78, 5) is 61.5. The Morgan fingerprint density at radius 2 is 0.896 bits per heavy atom. The van der Waals surface area contributed by atoms with Crippen LogP contribution in [0.5, 0.6) is 0 Å². The maximum Gasteiger partial charge on any atom is 0.472 e. The Hall–Kier alpha value is -3.13. The van der Waals surface area contributed by atoms with Gasteiger partial charge in [0.2, 0.25) is 11.8 Å². The van der Waals surface area contributed by atoms with Gasteiger partial charge in [0.05, 0.1) is 39.1 Å². The fourth-order valence-electron chi connectivity index (χ4n) is 11.2. The highest BCUT2D eigenvalue weighted by atomic mass is 31.2. The molecule has 560 valence electrons. The average Bonchev–Trinajstić information content (AvgIpc) is 0.779. The standard InChI is InChI=1S/C68H123N2O25P/c1-4-6-8-10-12-14-16-18-20-22-24-26-28-30-32-39-55(75)87-47-50(91-56(76)40-33-31-29-27-25-23-21-19-17-15-13-11-9-7-5-2)48-89-96(84,85)88-44-42-70-54(74)38-35-34-37-53(73)69-41-36-43-86-68-65(95-66-62(82)60(80)57(77)49(3)90-66)64(59(79)52(46-72)93-68)94-67-63(83)61(81)58(78)51(45-71)92-67/h18-21,49-52,57-68,71-72,77-83H,4-17,22-48H2,1-3H3,(H,69,73)(H,70,74)(H,84,85)/t49?,50?,51?,52?,57-,58+,59+,60+,61+,62?,63?,64+,65?,66+,67-,68-/m1/s1. The first-order chi connectivity index (χ1) is 46.3. The molecule has 28 heteroatoms. The van der Waals surface area contributed by atoms with Crippen LogP contribution < -0.4 is 10.6 Å². The minimum atomic E-state index is -4.74. The first kappa shape index (κ1) is 87.1.